The predicted molar refractivity (Wildman–Crippen MR) is 61.2 cm³/mol. The second kappa shape index (κ2) is 5.59. The van der Waals surface area contributed by atoms with Crippen LogP contribution >= 0.6 is 23.4 Å². The van der Waals surface area contributed by atoms with Crippen molar-refractivity contribution in [3.63, 3.8) is 0 Å². The fourth-order valence-corrected chi connectivity index (χ4v) is 2.07. The van der Waals surface area contributed by atoms with Gasteiger partial charge in [-0.3, -0.25) is 0 Å². The van der Waals surface area contributed by atoms with Crippen molar-refractivity contribution in [3.8, 4) is 0 Å². The maximum atomic E-state index is 13.0. The standard InChI is InChI=1S/C10H13ClFNS/c1-7(5-13)14-6-8-3-2-4-9(12)10(8)11/h2-4,7H,5-6,13H2,1H3. The van der Waals surface area contributed by atoms with E-state index in [-0.39, 0.29) is 10.8 Å². The molecule has 0 amide bonds. The first-order chi connectivity index (χ1) is 6.65. The van der Waals surface area contributed by atoms with Crippen molar-refractivity contribution in [1.82, 2.24) is 0 Å². The molecule has 14 heavy (non-hydrogen) atoms. The smallest absolute Gasteiger partial charge is 0.142 e. The molecule has 0 heterocycles. The van der Waals surface area contributed by atoms with Gasteiger partial charge in [0.15, 0.2) is 0 Å². The number of halogens is 2. The van der Waals surface area contributed by atoms with Crippen LogP contribution in [0.2, 0.25) is 5.02 Å². The van der Waals surface area contributed by atoms with Crippen LogP contribution in [-0.2, 0) is 5.75 Å². The maximum absolute atomic E-state index is 13.0. The van der Waals surface area contributed by atoms with Gasteiger partial charge in [0, 0.05) is 17.5 Å². The minimum atomic E-state index is -0.356. The maximum Gasteiger partial charge on any atom is 0.142 e. The molecule has 0 spiro atoms. The summed E-state index contributed by atoms with van der Waals surface area (Å²) in [6, 6.07) is 4.87. The highest BCUT2D eigenvalue weighted by atomic mass is 35.5. The Kier molecular flexibility index (Phi) is 4.72. The first-order valence-electron chi connectivity index (χ1n) is 4.39. The molecule has 0 aliphatic heterocycles. The van der Waals surface area contributed by atoms with Crippen molar-refractivity contribution >= 4 is 23.4 Å². The molecular weight excluding hydrogens is 221 g/mol. The van der Waals surface area contributed by atoms with Crippen molar-refractivity contribution in [1.29, 1.82) is 0 Å². The van der Waals surface area contributed by atoms with Gasteiger partial charge in [0.2, 0.25) is 0 Å². The molecule has 0 radical (unpaired) electrons. The molecule has 1 rings (SSSR count). The Hall–Kier alpha value is -0.250. The van der Waals surface area contributed by atoms with E-state index in [9.17, 15) is 4.39 Å². The van der Waals surface area contributed by atoms with Gasteiger partial charge in [-0.1, -0.05) is 30.7 Å². The Bertz CT molecular complexity index is 306. The van der Waals surface area contributed by atoms with Crippen molar-refractivity contribution in [2.75, 3.05) is 6.54 Å². The molecule has 0 saturated heterocycles. The van der Waals surface area contributed by atoms with E-state index in [0.717, 1.165) is 5.56 Å². The topological polar surface area (TPSA) is 26.0 Å². The summed E-state index contributed by atoms with van der Waals surface area (Å²) in [6.45, 7) is 2.66. The predicted octanol–water partition coefficient (Wildman–Crippen LogP) is 3.06. The monoisotopic (exact) mass is 233 g/mol. The van der Waals surface area contributed by atoms with E-state index in [4.69, 9.17) is 17.3 Å². The molecule has 1 aromatic carbocycles. The first-order valence-corrected chi connectivity index (χ1v) is 5.82. The lowest BCUT2D eigenvalue weighted by atomic mass is 10.2. The zero-order valence-corrected chi connectivity index (χ0v) is 9.54. The van der Waals surface area contributed by atoms with Crippen LogP contribution in [0.5, 0.6) is 0 Å². The third kappa shape index (κ3) is 3.15. The van der Waals surface area contributed by atoms with Gasteiger partial charge in [-0.2, -0.15) is 11.8 Å². The molecule has 78 valence electrons. The normalized spacial score (nSPS) is 12.9. The quantitative estimate of drug-likeness (QED) is 0.865. The second-order valence-electron chi connectivity index (χ2n) is 3.07. The second-order valence-corrected chi connectivity index (χ2v) is 4.87. The summed E-state index contributed by atoms with van der Waals surface area (Å²) in [7, 11) is 0. The number of thioether (sulfide) groups is 1. The van der Waals surface area contributed by atoms with E-state index in [0.29, 0.717) is 17.5 Å². The van der Waals surface area contributed by atoms with Gasteiger partial charge in [0.25, 0.3) is 0 Å². The van der Waals surface area contributed by atoms with Crippen LogP contribution in [0.4, 0.5) is 4.39 Å². The van der Waals surface area contributed by atoms with E-state index < -0.39 is 0 Å². The van der Waals surface area contributed by atoms with Gasteiger partial charge >= 0.3 is 0 Å². The minimum absolute atomic E-state index is 0.226. The molecule has 1 atom stereocenters. The lowest BCUT2D eigenvalue weighted by molar-refractivity contribution is 0.627. The van der Waals surface area contributed by atoms with Crippen molar-refractivity contribution in [3.05, 3.63) is 34.6 Å². The number of nitrogens with two attached hydrogens (primary N) is 1. The average Bonchev–Trinajstić information content (AvgIpc) is 2.20. The van der Waals surface area contributed by atoms with Crippen LogP contribution in [0.1, 0.15) is 12.5 Å². The molecule has 0 bridgehead atoms. The van der Waals surface area contributed by atoms with Crippen molar-refractivity contribution < 1.29 is 4.39 Å². The zero-order valence-electron chi connectivity index (χ0n) is 7.97. The summed E-state index contributed by atoms with van der Waals surface area (Å²) in [5.74, 6) is 0.347. The molecule has 0 aliphatic carbocycles. The Balaban J connectivity index is 2.63. The van der Waals surface area contributed by atoms with Gasteiger partial charge in [0.1, 0.15) is 5.82 Å². The largest absolute Gasteiger partial charge is 0.329 e. The lowest BCUT2D eigenvalue weighted by Crippen LogP contribution is -2.12. The van der Waals surface area contributed by atoms with Crippen molar-refractivity contribution in [2.24, 2.45) is 5.73 Å². The summed E-state index contributed by atoms with van der Waals surface area (Å²) in [5.41, 5.74) is 6.31. The first kappa shape index (κ1) is 11.8. The van der Waals surface area contributed by atoms with Crippen LogP contribution in [0.15, 0.2) is 18.2 Å². The number of benzene rings is 1. The average molecular weight is 234 g/mol. The number of hydrogen-bond donors (Lipinski definition) is 1. The van der Waals surface area contributed by atoms with Crippen LogP contribution in [0, 0.1) is 5.82 Å². The highest BCUT2D eigenvalue weighted by molar-refractivity contribution is 7.99. The molecule has 1 aromatic rings. The Morgan fingerprint density at radius 1 is 1.57 bits per heavy atom. The van der Waals surface area contributed by atoms with Gasteiger partial charge in [-0.25, -0.2) is 4.39 Å². The van der Waals surface area contributed by atoms with E-state index >= 15 is 0 Å². The molecule has 0 fully saturated rings. The van der Waals surface area contributed by atoms with E-state index in [1.807, 2.05) is 13.0 Å². The van der Waals surface area contributed by atoms with Gasteiger partial charge in [0.05, 0.1) is 5.02 Å². The zero-order chi connectivity index (χ0) is 10.6. The Labute approximate surface area is 92.8 Å². The van der Waals surface area contributed by atoms with Crippen LogP contribution in [0.3, 0.4) is 0 Å². The summed E-state index contributed by atoms with van der Waals surface area (Å²) >= 11 is 7.48. The highest BCUT2D eigenvalue weighted by Gasteiger charge is 2.07. The van der Waals surface area contributed by atoms with Gasteiger partial charge in [-0.05, 0) is 11.6 Å². The molecular formula is C10H13ClFNS. The molecule has 0 aromatic heterocycles. The third-order valence-electron chi connectivity index (χ3n) is 1.89. The highest BCUT2D eigenvalue weighted by Crippen LogP contribution is 2.25. The molecule has 0 saturated carbocycles. The summed E-state index contributed by atoms with van der Waals surface area (Å²) < 4.78 is 13.0. The van der Waals surface area contributed by atoms with Crippen LogP contribution < -0.4 is 5.73 Å². The molecule has 0 aliphatic rings. The van der Waals surface area contributed by atoms with Gasteiger partial charge in [-0.15, -0.1) is 0 Å². The fourth-order valence-electron chi connectivity index (χ4n) is 0.960. The summed E-state index contributed by atoms with van der Waals surface area (Å²) in [6.07, 6.45) is 0. The SMILES string of the molecule is CC(CN)SCc1cccc(F)c1Cl. The third-order valence-corrected chi connectivity index (χ3v) is 3.55. The molecule has 4 heteroatoms. The molecule has 1 unspecified atom stereocenters. The summed E-state index contributed by atoms with van der Waals surface area (Å²) in [5, 5.41) is 0.596. The van der Waals surface area contributed by atoms with Crippen LogP contribution in [0.25, 0.3) is 0 Å². The van der Waals surface area contributed by atoms with E-state index in [1.54, 1.807) is 17.8 Å². The Morgan fingerprint density at radius 2 is 2.29 bits per heavy atom. The molecule has 1 nitrogen and oxygen atoms in total. The van der Waals surface area contributed by atoms with Crippen LogP contribution in [-0.4, -0.2) is 11.8 Å². The number of rotatable bonds is 4. The number of hydrogen-bond acceptors (Lipinski definition) is 2. The van der Waals surface area contributed by atoms with Crippen molar-refractivity contribution in [2.45, 2.75) is 17.9 Å². The fraction of sp³-hybridized carbons (Fsp3) is 0.400. The summed E-state index contributed by atoms with van der Waals surface area (Å²) in [4.78, 5) is 0. The minimum Gasteiger partial charge on any atom is -0.329 e. The Morgan fingerprint density at radius 3 is 2.93 bits per heavy atom. The molecule has 2 N–H and O–H groups in total. The lowest BCUT2D eigenvalue weighted by Gasteiger charge is -2.09. The van der Waals surface area contributed by atoms with E-state index in [2.05, 4.69) is 0 Å². The van der Waals surface area contributed by atoms with Gasteiger partial charge < -0.3 is 5.73 Å². The van der Waals surface area contributed by atoms with E-state index in [1.165, 1.54) is 6.07 Å².